The summed E-state index contributed by atoms with van der Waals surface area (Å²) < 4.78 is 18.4. The van der Waals surface area contributed by atoms with Crippen LogP contribution in [-0.2, 0) is 11.3 Å². The normalized spacial score (nSPS) is 16.6. The molecule has 1 N–H and O–H groups in total. The largest absolute Gasteiger partial charge is 0.508 e. The quantitative estimate of drug-likeness (QED) is 0.663. The molecule has 4 nitrogen and oxygen atoms in total. The molecule has 2 aliphatic rings. The van der Waals surface area contributed by atoms with Gasteiger partial charge in [0.1, 0.15) is 34.9 Å². The molecule has 2 heterocycles. The predicted octanol–water partition coefficient (Wildman–Crippen LogP) is 5.53. The van der Waals surface area contributed by atoms with Gasteiger partial charge in [0.15, 0.2) is 0 Å². The highest BCUT2D eigenvalue weighted by atomic mass is 16.5. The van der Waals surface area contributed by atoms with Gasteiger partial charge in [0, 0.05) is 11.6 Å². The van der Waals surface area contributed by atoms with Crippen molar-refractivity contribution in [1.82, 2.24) is 0 Å². The van der Waals surface area contributed by atoms with E-state index in [1.807, 2.05) is 44.2 Å². The Morgan fingerprint density at radius 2 is 1.81 bits per heavy atom. The minimum absolute atomic E-state index is 0.183. The molecule has 2 aliphatic heterocycles. The summed E-state index contributed by atoms with van der Waals surface area (Å²) in [5.41, 5.74) is 5.10. The molecule has 0 saturated carbocycles. The van der Waals surface area contributed by atoms with Crippen LogP contribution >= 0.6 is 0 Å². The Morgan fingerprint density at radius 1 is 0.962 bits per heavy atom. The average Bonchev–Trinajstić information content (AvgIpc) is 2.99. The van der Waals surface area contributed by atoms with Crippen molar-refractivity contribution >= 4 is 0 Å². The van der Waals surface area contributed by atoms with Gasteiger partial charge >= 0.3 is 0 Å². The van der Waals surface area contributed by atoms with Gasteiger partial charge in [0.2, 0.25) is 0 Å². The standard InChI is InChI=1S/C22H18O4/c1-12-6-15(23)10-16(7-12)25-18-8-13(2)9-19-21(18)22-20-14(11-24-22)4-3-5-17(20)26-19/h3-10,22-23H,11H2,1-2H3. The van der Waals surface area contributed by atoms with Crippen molar-refractivity contribution in [3.05, 3.63) is 76.3 Å². The maximum atomic E-state index is 9.87. The van der Waals surface area contributed by atoms with E-state index in [9.17, 15) is 5.11 Å². The van der Waals surface area contributed by atoms with E-state index in [0.29, 0.717) is 18.1 Å². The zero-order valence-electron chi connectivity index (χ0n) is 14.6. The zero-order chi connectivity index (χ0) is 17.8. The topological polar surface area (TPSA) is 47.9 Å². The molecular formula is C22H18O4. The van der Waals surface area contributed by atoms with Gasteiger partial charge in [-0.25, -0.2) is 0 Å². The Balaban J connectivity index is 1.65. The monoisotopic (exact) mass is 346 g/mol. The summed E-state index contributed by atoms with van der Waals surface area (Å²) >= 11 is 0. The maximum absolute atomic E-state index is 9.87. The molecule has 0 amide bonds. The summed E-state index contributed by atoms with van der Waals surface area (Å²) in [5.74, 6) is 3.07. The molecular weight excluding hydrogens is 328 g/mol. The van der Waals surface area contributed by atoms with Crippen LogP contribution in [0.4, 0.5) is 0 Å². The number of fused-ring (bicyclic) bond motifs is 2. The molecule has 4 heteroatoms. The average molecular weight is 346 g/mol. The van der Waals surface area contributed by atoms with Crippen LogP contribution in [0.3, 0.4) is 0 Å². The third-order valence-corrected chi connectivity index (χ3v) is 4.82. The Hall–Kier alpha value is -2.98. The Labute approximate surface area is 151 Å². The van der Waals surface area contributed by atoms with Crippen molar-refractivity contribution in [2.45, 2.75) is 26.6 Å². The number of hydrogen-bond donors (Lipinski definition) is 1. The molecule has 0 aliphatic carbocycles. The molecule has 1 unspecified atom stereocenters. The first-order valence-corrected chi connectivity index (χ1v) is 8.63. The third-order valence-electron chi connectivity index (χ3n) is 4.82. The number of phenolic OH excluding ortho intramolecular Hbond substituents is 1. The first-order valence-electron chi connectivity index (χ1n) is 8.63. The number of aromatic hydroxyl groups is 1. The van der Waals surface area contributed by atoms with Gasteiger partial charge in [0.25, 0.3) is 0 Å². The summed E-state index contributed by atoms with van der Waals surface area (Å²) in [4.78, 5) is 0. The summed E-state index contributed by atoms with van der Waals surface area (Å²) in [6.45, 7) is 4.49. The molecule has 26 heavy (non-hydrogen) atoms. The lowest BCUT2D eigenvalue weighted by atomic mass is 9.93. The lowest BCUT2D eigenvalue weighted by Gasteiger charge is -2.27. The van der Waals surface area contributed by atoms with Crippen LogP contribution in [0.15, 0.2) is 48.5 Å². The molecule has 0 bridgehead atoms. The zero-order valence-corrected chi connectivity index (χ0v) is 14.6. The van der Waals surface area contributed by atoms with Gasteiger partial charge in [0.05, 0.1) is 12.2 Å². The molecule has 130 valence electrons. The van der Waals surface area contributed by atoms with Crippen molar-refractivity contribution in [1.29, 1.82) is 0 Å². The van der Waals surface area contributed by atoms with E-state index in [1.54, 1.807) is 12.1 Å². The summed E-state index contributed by atoms with van der Waals surface area (Å²) in [5, 5.41) is 9.87. The fourth-order valence-electron chi connectivity index (χ4n) is 3.78. The SMILES string of the molecule is Cc1cc(O)cc(Oc2cc(C)cc3c2C2OCc4cccc(c42)O3)c1. The first kappa shape index (κ1) is 15.3. The second-order valence-corrected chi connectivity index (χ2v) is 6.90. The molecule has 3 aromatic carbocycles. The van der Waals surface area contributed by atoms with Crippen LogP contribution < -0.4 is 9.47 Å². The van der Waals surface area contributed by atoms with Crippen LogP contribution in [0.5, 0.6) is 28.7 Å². The fraction of sp³-hybridized carbons (Fsp3) is 0.182. The highest BCUT2D eigenvalue weighted by molar-refractivity contribution is 5.62. The number of phenols is 1. The van der Waals surface area contributed by atoms with E-state index in [0.717, 1.165) is 39.3 Å². The van der Waals surface area contributed by atoms with Gasteiger partial charge < -0.3 is 19.3 Å². The second kappa shape index (κ2) is 5.51. The molecule has 3 aromatic rings. The minimum atomic E-state index is -0.195. The van der Waals surface area contributed by atoms with Crippen LogP contribution in [0.25, 0.3) is 0 Å². The molecule has 0 saturated heterocycles. The highest BCUT2D eigenvalue weighted by Gasteiger charge is 2.37. The smallest absolute Gasteiger partial charge is 0.137 e. The van der Waals surface area contributed by atoms with Crippen molar-refractivity contribution in [3.63, 3.8) is 0 Å². The van der Waals surface area contributed by atoms with Crippen molar-refractivity contribution in [2.75, 3.05) is 0 Å². The van der Waals surface area contributed by atoms with Crippen LogP contribution in [0.1, 0.15) is 33.9 Å². The molecule has 5 rings (SSSR count). The van der Waals surface area contributed by atoms with Crippen LogP contribution in [-0.4, -0.2) is 5.11 Å². The maximum Gasteiger partial charge on any atom is 0.137 e. The van der Waals surface area contributed by atoms with Gasteiger partial charge in [-0.2, -0.15) is 0 Å². The van der Waals surface area contributed by atoms with Crippen LogP contribution in [0.2, 0.25) is 0 Å². The fourth-order valence-corrected chi connectivity index (χ4v) is 3.78. The van der Waals surface area contributed by atoms with Gasteiger partial charge in [-0.15, -0.1) is 0 Å². The van der Waals surface area contributed by atoms with E-state index < -0.39 is 0 Å². The number of benzene rings is 3. The number of rotatable bonds is 2. The summed E-state index contributed by atoms with van der Waals surface area (Å²) in [6.07, 6.45) is -0.195. The molecule has 1 atom stereocenters. The Kier molecular flexibility index (Phi) is 3.24. The van der Waals surface area contributed by atoms with Crippen molar-refractivity contribution in [2.24, 2.45) is 0 Å². The number of ether oxygens (including phenoxy) is 3. The van der Waals surface area contributed by atoms with Gasteiger partial charge in [-0.3, -0.25) is 0 Å². The Bertz CT molecular complexity index is 1020. The molecule has 0 spiro atoms. The second-order valence-electron chi connectivity index (χ2n) is 6.90. The first-order chi connectivity index (χ1) is 12.6. The third kappa shape index (κ3) is 2.34. The lowest BCUT2D eigenvalue weighted by molar-refractivity contribution is 0.0866. The van der Waals surface area contributed by atoms with Crippen LogP contribution in [0, 0.1) is 13.8 Å². The van der Waals surface area contributed by atoms with E-state index >= 15 is 0 Å². The number of hydrogen-bond acceptors (Lipinski definition) is 4. The highest BCUT2D eigenvalue weighted by Crippen LogP contribution is 2.53. The van der Waals surface area contributed by atoms with E-state index in [4.69, 9.17) is 14.2 Å². The predicted molar refractivity (Wildman–Crippen MR) is 97.2 cm³/mol. The van der Waals surface area contributed by atoms with Gasteiger partial charge in [-0.05, 0) is 60.9 Å². The van der Waals surface area contributed by atoms with E-state index in [2.05, 4.69) is 6.07 Å². The van der Waals surface area contributed by atoms with Crippen molar-refractivity contribution in [3.8, 4) is 28.7 Å². The minimum Gasteiger partial charge on any atom is -0.508 e. The Morgan fingerprint density at radius 3 is 2.65 bits per heavy atom. The lowest BCUT2D eigenvalue weighted by Crippen LogP contribution is -2.10. The van der Waals surface area contributed by atoms with Gasteiger partial charge in [-0.1, -0.05) is 12.1 Å². The number of aryl methyl sites for hydroxylation is 2. The molecule has 0 radical (unpaired) electrons. The van der Waals surface area contributed by atoms with Crippen molar-refractivity contribution < 1.29 is 19.3 Å². The molecule has 0 aromatic heterocycles. The van der Waals surface area contributed by atoms with E-state index in [1.165, 1.54) is 0 Å². The summed E-state index contributed by atoms with van der Waals surface area (Å²) in [6, 6.07) is 15.2. The summed E-state index contributed by atoms with van der Waals surface area (Å²) in [7, 11) is 0. The van der Waals surface area contributed by atoms with E-state index in [-0.39, 0.29) is 11.9 Å². The molecule has 0 fully saturated rings.